The Morgan fingerprint density at radius 2 is 1.95 bits per heavy atom. The number of nitrogens with one attached hydrogen (secondary N) is 1. The molecule has 1 aliphatic rings. The van der Waals surface area contributed by atoms with Gasteiger partial charge in [-0.05, 0) is 20.3 Å². The molecule has 5 heteroatoms. The van der Waals surface area contributed by atoms with Gasteiger partial charge in [0.2, 0.25) is 0 Å². The lowest BCUT2D eigenvalue weighted by molar-refractivity contribution is -0.1000. The van der Waals surface area contributed by atoms with E-state index in [4.69, 9.17) is 19.4 Å². The predicted molar refractivity (Wildman–Crippen MR) is 79.1 cm³/mol. The van der Waals surface area contributed by atoms with E-state index in [2.05, 4.69) is 19.2 Å². The molecule has 0 amide bonds. The zero-order valence-corrected chi connectivity index (χ0v) is 13.0. The van der Waals surface area contributed by atoms with Crippen molar-refractivity contribution in [1.82, 2.24) is 9.97 Å². The van der Waals surface area contributed by atoms with Crippen LogP contribution in [0.3, 0.4) is 0 Å². The Kier molecular flexibility index (Phi) is 4.94. The van der Waals surface area contributed by atoms with Crippen molar-refractivity contribution in [2.75, 3.05) is 32.2 Å². The number of hydrogen-bond acceptors (Lipinski definition) is 5. The molecule has 0 aromatic carbocycles. The summed E-state index contributed by atoms with van der Waals surface area (Å²) >= 11 is 0. The third-order valence-electron chi connectivity index (χ3n) is 4.01. The van der Waals surface area contributed by atoms with Crippen LogP contribution in [-0.2, 0) is 21.5 Å². The van der Waals surface area contributed by atoms with Crippen LogP contribution in [-0.4, -0.2) is 36.8 Å². The molecule has 1 N–H and O–H groups in total. The van der Waals surface area contributed by atoms with Crippen LogP contribution in [0.2, 0.25) is 0 Å². The van der Waals surface area contributed by atoms with E-state index >= 15 is 0 Å². The predicted octanol–water partition coefficient (Wildman–Crippen LogP) is 2.43. The van der Waals surface area contributed by atoms with E-state index in [1.165, 1.54) is 5.56 Å². The molecule has 112 valence electrons. The molecule has 1 aliphatic heterocycles. The maximum Gasteiger partial charge on any atom is 0.163 e. The van der Waals surface area contributed by atoms with Gasteiger partial charge in [-0.3, -0.25) is 0 Å². The van der Waals surface area contributed by atoms with Gasteiger partial charge in [-0.2, -0.15) is 0 Å². The van der Waals surface area contributed by atoms with Gasteiger partial charge in [-0.1, -0.05) is 6.92 Å². The van der Waals surface area contributed by atoms with Crippen molar-refractivity contribution >= 4 is 5.82 Å². The van der Waals surface area contributed by atoms with Crippen LogP contribution >= 0.6 is 0 Å². The number of anilines is 1. The Balaban J connectivity index is 2.45. The van der Waals surface area contributed by atoms with Crippen LogP contribution in [0.5, 0.6) is 0 Å². The van der Waals surface area contributed by atoms with E-state index in [1.54, 1.807) is 7.11 Å². The first-order valence-corrected chi connectivity index (χ1v) is 7.41. The first kappa shape index (κ1) is 15.2. The lowest BCUT2D eigenvalue weighted by Crippen LogP contribution is -2.38. The fourth-order valence-corrected chi connectivity index (χ4v) is 2.76. The summed E-state index contributed by atoms with van der Waals surface area (Å²) in [6, 6.07) is 0. The van der Waals surface area contributed by atoms with Crippen LogP contribution in [0.25, 0.3) is 0 Å². The Morgan fingerprint density at radius 1 is 1.25 bits per heavy atom. The summed E-state index contributed by atoms with van der Waals surface area (Å²) in [5.74, 6) is 1.73. The zero-order chi connectivity index (χ0) is 14.6. The molecule has 0 bridgehead atoms. The minimum Gasteiger partial charge on any atom is -0.381 e. The molecule has 0 aliphatic carbocycles. The highest BCUT2D eigenvalue weighted by Crippen LogP contribution is 2.34. The molecule has 1 saturated heterocycles. The second-order valence-corrected chi connectivity index (χ2v) is 5.15. The number of rotatable bonds is 5. The lowest BCUT2D eigenvalue weighted by Gasteiger charge is -2.35. The van der Waals surface area contributed by atoms with Crippen LogP contribution in [0.1, 0.15) is 43.8 Å². The van der Waals surface area contributed by atoms with Gasteiger partial charge >= 0.3 is 0 Å². The number of aryl methyl sites for hydroxylation is 1. The summed E-state index contributed by atoms with van der Waals surface area (Å²) in [4.78, 5) is 9.48. The molecule has 1 fully saturated rings. The van der Waals surface area contributed by atoms with E-state index < -0.39 is 5.60 Å². The van der Waals surface area contributed by atoms with Crippen LogP contribution < -0.4 is 5.32 Å². The number of hydrogen-bond donors (Lipinski definition) is 1. The SMILES string of the molecule is CCNc1nc(C2(OC)CCOCC2)nc(C)c1CC. The van der Waals surface area contributed by atoms with E-state index in [0.717, 1.165) is 43.1 Å². The van der Waals surface area contributed by atoms with Crippen molar-refractivity contribution in [3.8, 4) is 0 Å². The van der Waals surface area contributed by atoms with Gasteiger partial charge < -0.3 is 14.8 Å². The number of aromatic nitrogens is 2. The molecule has 0 saturated carbocycles. The van der Waals surface area contributed by atoms with Crippen molar-refractivity contribution in [3.63, 3.8) is 0 Å². The smallest absolute Gasteiger partial charge is 0.163 e. The quantitative estimate of drug-likeness (QED) is 0.897. The zero-order valence-electron chi connectivity index (χ0n) is 13.0. The molecule has 2 heterocycles. The van der Waals surface area contributed by atoms with Gasteiger partial charge in [0.25, 0.3) is 0 Å². The molecule has 5 nitrogen and oxygen atoms in total. The van der Waals surface area contributed by atoms with Crippen molar-refractivity contribution in [2.24, 2.45) is 0 Å². The summed E-state index contributed by atoms with van der Waals surface area (Å²) in [6.45, 7) is 8.51. The second kappa shape index (κ2) is 6.50. The summed E-state index contributed by atoms with van der Waals surface area (Å²) in [5, 5.41) is 3.35. The molecule has 20 heavy (non-hydrogen) atoms. The molecule has 2 rings (SSSR count). The minimum absolute atomic E-state index is 0.403. The maximum atomic E-state index is 5.79. The van der Waals surface area contributed by atoms with Crippen molar-refractivity contribution < 1.29 is 9.47 Å². The first-order valence-electron chi connectivity index (χ1n) is 7.41. The van der Waals surface area contributed by atoms with Crippen LogP contribution in [0, 0.1) is 6.92 Å². The van der Waals surface area contributed by atoms with Gasteiger partial charge in [0.05, 0.1) is 0 Å². The summed E-state index contributed by atoms with van der Waals surface area (Å²) < 4.78 is 11.2. The summed E-state index contributed by atoms with van der Waals surface area (Å²) in [7, 11) is 1.74. The molecule has 0 unspecified atom stereocenters. The van der Waals surface area contributed by atoms with Gasteiger partial charge in [-0.15, -0.1) is 0 Å². The highest BCUT2D eigenvalue weighted by Gasteiger charge is 2.38. The number of ether oxygens (including phenoxy) is 2. The standard InChI is InChI=1S/C15H25N3O2/c1-5-12-11(3)17-14(18-13(12)16-6-2)15(19-4)7-9-20-10-8-15/h5-10H2,1-4H3,(H,16,17,18). The summed E-state index contributed by atoms with van der Waals surface area (Å²) in [6.07, 6.45) is 2.54. The Hall–Kier alpha value is -1.20. The summed E-state index contributed by atoms with van der Waals surface area (Å²) in [5.41, 5.74) is 1.82. The topological polar surface area (TPSA) is 56.3 Å². The van der Waals surface area contributed by atoms with Crippen molar-refractivity contribution in [1.29, 1.82) is 0 Å². The van der Waals surface area contributed by atoms with Gasteiger partial charge in [-0.25, -0.2) is 9.97 Å². The average molecular weight is 279 g/mol. The fourth-order valence-electron chi connectivity index (χ4n) is 2.76. The molecule has 0 atom stereocenters. The Labute approximate surface area is 121 Å². The highest BCUT2D eigenvalue weighted by molar-refractivity contribution is 5.47. The molecule has 0 spiro atoms. The minimum atomic E-state index is -0.403. The van der Waals surface area contributed by atoms with Crippen molar-refractivity contribution in [3.05, 3.63) is 17.1 Å². The van der Waals surface area contributed by atoms with E-state index in [1.807, 2.05) is 6.92 Å². The molecule has 1 aromatic heterocycles. The largest absolute Gasteiger partial charge is 0.381 e. The molecular weight excluding hydrogens is 254 g/mol. The van der Waals surface area contributed by atoms with Gasteiger partial charge in [0, 0.05) is 51.0 Å². The lowest BCUT2D eigenvalue weighted by atomic mass is 9.92. The van der Waals surface area contributed by atoms with Gasteiger partial charge in [0.15, 0.2) is 5.82 Å². The monoisotopic (exact) mass is 279 g/mol. The van der Waals surface area contributed by atoms with Crippen LogP contribution in [0.4, 0.5) is 5.82 Å². The normalized spacial score (nSPS) is 18.0. The molecule has 1 aromatic rings. The van der Waals surface area contributed by atoms with Crippen molar-refractivity contribution in [2.45, 2.75) is 45.6 Å². The third kappa shape index (κ3) is 2.79. The number of methoxy groups -OCH3 is 1. The molecular formula is C15H25N3O2. The molecule has 0 radical (unpaired) electrons. The van der Waals surface area contributed by atoms with Crippen LogP contribution in [0.15, 0.2) is 0 Å². The van der Waals surface area contributed by atoms with E-state index in [0.29, 0.717) is 13.2 Å². The highest BCUT2D eigenvalue weighted by atomic mass is 16.5. The Morgan fingerprint density at radius 3 is 2.50 bits per heavy atom. The van der Waals surface area contributed by atoms with E-state index in [-0.39, 0.29) is 0 Å². The van der Waals surface area contributed by atoms with E-state index in [9.17, 15) is 0 Å². The second-order valence-electron chi connectivity index (χ2n) is 5.15. The Bertz CT molecular complexity index is 457. The first-order chi connectivity index (χ1) is 9.66. The average Bonchev–Trinajstić information content (AvgIpc) is 2.48. The van der Waals surface area contributed by atoms with Gasteiger partial charge in [0.1, 0.15) is 11.4 Å². The number of nitrogens with zero attached hydrogens (tertiary/aromatic N) is 2. The fraction of sp³-hybridized carbons (Fsp3) is 0.733. The third-order valence-corrected chi connectivity index (χ3v) is 4.01. The maximum absolute atomic E-state index is 5.79.